The van der Waals surface area contributed by atoms with E-state index in [0.717, 1.165) is 45.7 Å². The van der Waals surface area contributed by atoms with Crippen LogP contribution in [0.15, 0.2) is 4.34 Å². The van der Waals surface area contributed by atoms with Crippen LogP contribution in [0.1, 0.15) is 41.1 Å². The van der Waals surface area contributed by atoms with Gasteiger partial charge in [-0.1, -0.05) is 23.1 Å². The lowest BCUT2D eigenvalue weighted by Crippen LogP contribution is -2.24. The van der Waals surface area contributed by atoms with E-state index in [-0.39, 0.29) is 11.2 Å². The molecule has 7 nitrogen and oxygen atoms in total. The van der Waals surface area contributed by atoms with Crippen molar-refractivity contribution in [2.24, 2.45) is 5.73 Å². The minimum atomic E-state index is -0.477. The summed E-state index contributed by atoms with van der Waals surface area (Å²) in [5.74, 6) is -0.651. The fourth-order valence-corrected chi connectivity index (χ4v) is 5.91. The van der Waals surface area contributed by atoms with Crippen LogP contribution in [0.25, 0.3) is 0 Å². The molecule has 0 fully saturated rings. The van der Waals surface area contributed by atoms with Crippen LogP contribution in [-0.4, -0.2) is 33.8 Å². The van der Waals surface area contributed by atoms with Gasteiger partial charge in [0, 0.05) is 11.4 Å². The van der Waals surface area contributed by atoms with Crippen LogP contribution in [0, 0.1) is 0 Å². The summed E-state index contributed by atoms with van der Waals surface area (Å²) in [5, 5.41) is 15.0. The number of nitrogens with one attached hydrogen (secondary N) is 2. The number of amides is 2. The highest BCUT2D eigenvalue weighted by atomic mass is 32.2. The number of aromatic nitrogens is 2. The summed E-state index contributed by atoms with van der Waals surface area (Å²) < 4.78 is 0.724. The number of carbonyl (C=O) groups is 2. The number of fused-ring (bicyclic) bond motifs is 1. The number of nitrogens with two attached hydrogens (primary N) is 1. The number of aryl methyl sites for hydroxylation is 1. The summed E-state index contributed by atoms with van der Waals surface area (Å²) in [4.78, 5) is 25.5. The molecule has 3 rings (SSSR count). The fourth-order valence-electron chi connectivity index (χ4n) is 2.65. The van der Waals surface area contributed by atoms with Gasteiger partial charge in [-0.15, -0.1) is 21.5 Å². The Morgan fingerprint density at radius 2 is 2.12 bits per heavy atom. The van der Waals surface area contributed by atoms with E-state index >= 15 is 0 Å². The van der Waals surface area contributed by atoms with Crippen molar-refractivity contribution in [3.8, 4) is 0 Å². The number of hydrogen-bond donors (Lipinski definition) is 3. The zero-order valence-electron chi connectivity index (χ0n) is 13.9. The molecular formula is C15H19N5O2S3. The molecular weight excluding hydrogens is 378 g/mol. The number of rotatable bonds is 7. The average molecular weight is 398 g/mol. The van der Waals surface area contributed by atoms with E-state index in [0.29, 0.717) is 10.6 Å². The first-order valence-corrected chi connectivity index (χ1v) is 10.5. The maximum absolute atomic E-state index is 12.5. The van der Waals surface area contributed by atoms with Gasteiger partial charge >= 0.3 is 0 Å². The Kier molecular flexibility index (Phi) is 5.60. The number of nitrogens with zero attached hydrogens (tertiary/aromatic N) is 2. The molecule has 1 atom stereocenters. The van der Waals surface area contributed by atoms with Gasteiger partial charge < -0.3 is 16.4 Å². The average Bonchev–Trinajstić information content (AvgIpc) is 3.23. The lowest BCUT2D eigenvalue weighted by atomic mass is 10.1. The molecule has 2 heterocycles. The maximum Gasteiger partial charge on any atom is 0.251 e. The van der Waals surface area contributed by atoms with E-state index in [1.165, 1.54) is 34.4 Å². The topological polar surface area (TPSA) is 110 Å². The van der Waals surface area contributed by atoms with Gasteiger partial charge in [0.25, 0.3) is 5.91 Å². The van der Waals surface area contributed by atoms with Crippen LogP contribution in [0.5, 0.6) is 0 Å². The summed E-state index contributed by atoms with van der Waals surface area (Å²) in [6, 6.07) is 0. The zero-order valence-corrected chi connectivity index (χ0v) is 16.4. The Balaban J connectivity index is 1.68. The predicted molar refractivity (Wildman–Crippen MR) is 103 cm³/mol. The van der Waals surface area contributed by atoms with Crippen LogP contribution >= 0.6 is 34.4 Å². The number of carbonyl (C=O) groups excluding carboxylic acids is 2. The quantitative estimate of drug-likeness (QED) is 0.620. The summed E-state index contributed by atoms with van der Waals surface area (Å²) in [5.41, 5.74) is 7.01. The Bertz CT molecular complexity index is 801. The van der Waals surface area contributed by atoms with Gasteiger partial charge in [0.15, 0.2) is 4.34 Å². The van der Waals surface area contributed by atoms with Crippen LogP contribution in [0.4, 0.5) is 10.1 Å². The van der Waals surface area contributed by atoms with E-state index < -0.39 is 5.91 Å². The maximum atomic E-state index is 12.5. The lowest BCUT2D eigenvalue weighted by molar-refractivity contribution is -0.115. The Labute approximate surface area is 157 Å². The van der Waals surface area contributed by atoms with Gasteiger partial charge in [-0.2, -0.15) is 0 Å². The van der Waals surface area contributed by atoms with Crippen molar-refractivity contribution in [1.82, 2.24) is 10.2 Å². The fraction of sp³-hybridized carbons (Fsp3) is 0.467. The normalized spacial score (nSPS) is 14.2. The van der Waals surface area contributed by atoms with Gasteiger partial charge in [0.05, 0.1) is 10.8 Å². The largest absolute Gasteiger partial charge is 0.365 e. The molecule has 0 aliphatic heterocycles. The number of anilines is 2. The number of thioether (sulfide) groups is 1. The van der Waals surface area contributed by atoms with Gasteiger partial charge in [0.2, 0.25) is 11.0 Å². The first kappa shape index (κ1) is 18.2. The molecule has 25 heavy (non-hydrogen) atoms. The highest BCUT2D eigenvalue weighted by Gasteiger charge is 2.27. The van der Waals surface area contributed by atoms with Crippen LogP contribution in [-0.2, 0) is 17.6 Å². The van der Waals surface area contributed by atoms with Crippen molar-refractivity contribution in [3.63, 3.8) is 0 Å². The monoisotopic (exact) mass is 397 g/mol. The van der Waals surface area contributed by atoms with Crippen molar-refractivity contribution >= 4 is 56.4 Å². The van der Waals surface area contributed by atoms with Crippen molar-refractivity contribution in [3.05, 3.63) is 16.0 Å². The molecule has 10 heteroatoms. The third-order valence-corrected chi connectivity index (χ3v) is 7.06. The molecule has 134 valence electrons. The van der Waals surface area contributed by atoms with Gasteiger partial charge in [-0.05, 0) is 38.7 Å². The molecule has 0 unspecified atom stereocenters. The van der Waals surface area contributed by atoms with E-state index in [4.69, 9.17) is 5.73 Å². The minimum absolute atomic E-state index is 0.173. The molecule has 0 saturated carbocycles. The lowest BCUT2D eigenvalue weighted by Gasteiger charge is -2.10. The van der Waals surface area contributed by atoms with E-state index in [1.807, 2.05) is 6.92 Å². The standard InChI is InChI=1S/C15H19N5O2S3/c1-3-17-14-19-20-15(25-14)23-7(2)12(22)18-13-10(11(16)21)8-5-4-6-9(8)24-13/h7H,3-6H2,1-2H3,(H2,16,21)(H,17,19)(H,18,22)/t7-/m1/s1. The highest BCUT2D eigenvalue weighted by Crippen LogP contribution is 2.39. The second-order valence-corrected chi connectivity index (χ2v) is 9.25. The van der Waals surface area contributed by atoms with Crippen molar-refractivity contribution in [2.45, 2.75) is 42.7 Å². The molecule has 0 radical (unpaired) electrons. The van der Waals surface area contributed by atoms with Gasteiger partial charge in [-0.25, -0.2) is 0 Å². The van der Waals surface area contributed by atoms with Crippen molar-refractivity contribution in [1.29, 1.82) is 0 Å². The van der Waals surface area contributed by atoms with Crippen LogP contribution < -0.4 is 16.4 Å². The molecule has 2 amide bonds. The molecule has 2 aromatic heterocycles. The second kappa shape index (κ2) is 7.71. The molecule has 0 spiro atoms. The summed E-state index contributed by atoms with van der Waals surface area (Å²) in [7, 11) is 0. The highest BCUT2D eigenvalue weighted by molar-refractivity contribution is 8.02. The molecule has 2 aromatic rings. The summed E-state index contributed by atoms with van der Waals surface area (Å²) >= 11 is 4.22. The number of hydrogen-bond acceptors (Lipinski definition) is 8. The molecule has 0 aromatic carbocycles. The Hall–Kier alpha value is -1.65. The molecule has 4 N–H and O–H groups in total. The smallest absolute Gasteiger partial charge is 0.251 e. The summed E-state index contributed by atoms with van der Waals surface area (Å²) in [6.45, 7) is 4.56. The van der Waals surface area contributed by atoms with E-state index in [9.17, 15) is 9.59 Å². The Morgan fingerprint density at radius 3 is 2.84 bits per heavy atom. The molecule has 1 aliphatic carbocycles. The zero-order chi connectivity index (χ0) is 18.0. The first-order valence-electron chi connectivity index (χ1n) is 7.98. The van der Waals surface area contributed by atoms with Gasteiger partial charge in [0.1, 0.15) is 5.00 Å². The Morgan fingerprint density at radius 1 is 1.32 bits per heavy atom. The SMILES string of the molecule is CCNc1nnc(S[C@H](C)C(=O)Nc2sc3c(c2C(N)=O)CCC3)s1. The van der Waals surface area contributed by atoms with Crippen LogP contribution in [0.3, 0.4) is 0 Å². The summed E-state index contributed by atoms with van der Waals surface area (Å²) in [6.07, 6.45) is 2.83. The third kappa shape index (κ3) is 3.96. The van der Waals surface area contributed by atoms with E-state index in [1.54, 1.807) is 6.92 Å². The number of primary amides is 1. The minimum Gasteiger partial charge on any atom is -0.365 e. The second-order valence-electron chi connectivity index (χ2n) is 5.58. The first-order chi connectivity index (χ1) is 12.0. The number of thiophene rings is 1. The van der Waals surface area contributed by atoms with Crippen LogP contribution in [0.2, 0.25) is 0 Å². The molecule has 1 aliphatic rings. The van der Waals surface area contributed by atoms with Gasteiger partial charge in [-0.3, -0.25) is 9.59 Å². The van der Waals surface area contributed by atoms with Crippen molar-refractivity contribution in [2.75, 3.05) is 17.2 Å². The van der Waals surface area contributed by atoms with E-state index in [2.05, 4.69) is 20.8 Å². The van der Waals surface area contributed by atoms with Crippen molar-refractivity contribution < 1.29 is 9.59 Å². The third-order valence-electron chi connectivity index (χ3n) is 3.79. The molecule has 0 saturated heterocycles. The predicted octanol–water partition coefficient (Wildman–Crippen LogP) is 2.74. The molecule has 0 bridgehead atoms.